The summed E-state index contributed by atoms with van der Waals surface area (Å²) in [7, 11) is 3.29. The number of hydrogen-bond donors (Lipinski definition) is 2. The maximum atomic E-state index is 8.85. The summed E-state index contributed by atoms with van der Waals surface area (Å²) in [5.41, 5.74) is 2.15. The first-order chi connectivity index (χ1) is 10.3. The van der Waals surface area contributed by atoms with Crippen LogP contribution in [0.15, 0.2) is 30.6 Å². The van der Waals surface area contributed by atoms with Crippen LogP contribution in [0.1, 0.15) is 11.1 Å². The standard InChI is InChI=1S/C15H21N3O3/c1-20-14-4-3-13(15(7-14)21-2)10-16-8-12-9-17-18(11-12)5-6-19/h3-4,7,9,11,16,19H,5-6,8,10H2,1-2H3. The van der Waals surface area contributed by atoms with E-state index in [2.05, 4.69) is 10.4 Å². The Morgan fingerprint density at radius 2 is 2.10 bits per heavy atom. The van der Waals surface area contributed by atoms with Gasteiger partial charge in [0.1, 0.15) is 11.5 Å². The first kappa shape index (κ1) is 15.3. The van der Waals surface area contributed by atoms with Crippen molar-refractivity contribution in [3.05, 3.63) is 41.7 Å². The minimum absolute atomic E-state index is 0.0948. The molecule has 2 rings (SSSR count). The Hall–Kier alpha value is -2.05. The van der Waals surface area contributed by atoms with Crippen molar-refractivity contribution in [1.82, 2.24) is 15.1 Å². The van der Waals surface area contributed by atoms with Gasteiger partial charge in [0.15, 0.2) is 0 Å². The molecule has 21 heavy (non-hydrogen) atoms. The quantitative estimate of drug-likeness (QED) is 0.764. The molecule has 0 amide bonds. The van der Waals surface area contributed by atoms with E-state index >= 15 is 0 Å². The monoisotopic (exact) mass is 291 g/mol. The van der Waals surface area contributed by atoms with Gasteiger partial charge >= 0.3 is 0 Å². The summed E-state index contributed by atoms with van der Waals surface area (Å²) in [6.45, 7) is 2.02. The SMILES string of the molecule is COc1ccc(CNCc2cnn(CCO)c2)c(OC)c1. The highest BCUT2D eigenvalue weighted by atomic mass is 16.5. The highest BCUT2D eigenvalue weighted by molar-refractivity contribution is 5.40. The third kappa shape index (κ3) is 4.21. The second-order valence-corrected chi connectivity index (χ2v) is 4.62. The van der Waals surface area contributed by atoms with Crippen LogP contribution in [0.25, 0.3) is 0 Å². The van der Waals surface area contributed by atoms with Crippen molar-refractivity contribution < 1.29 is 14.6 Å². The zero-order chi connectivity index (χ0) is 15.1. The van der Waals surface area contributed by atoms with E-state index in [-0.39, 0.29) is 6.61 Å². The Labute approximate surface area is 124 Å². The molecule has 0 aliphatic rings. The van der Waals surface area contributed by atoms with Crippen LogP contribution < -0.4 is 14.8 Å². The zero-order valence-corrected chi connectivity index (χ0v) is 12.4. The van der Waals surface area contributed by atoms with Crippen LogP contribution in [-0.2, 0) is 19.6 Å². The van der Waals surface area contributed by atoms with E-state index < -0.39 is 0 Å². The van der Waals surface area contributed by atoms with Crippen molar-refractivity contribution in [2.45, 2.75) is 19.6 Å². The number of hydrogen-bond acceptors (Lipinski definition) is 5. The molecule has 1 aromatic carbocycles. The summed E-state index contributed by atoms with van der Waals surface area (Å²) in [5, 5.41) is 16.4. The second kappa shape index (κ2) is 7.66. The average molecular weight is 291 g/mol. The predicted molar refractivity (Wildman–Crippen MR) is 79.4 cm³/mol. The molecule has 0 saturated carbocycles. The lowest BCUT2D eigenvalue weighted by molar-refractivity contribution is 0.269. The Balaban J connectivity index is 1.90. The van der Waals surface area contributed by atoms with Crippen LogP contribution in [0.2, 0.25) is 0 Å². The molecule has 0 aliphatic heterocycles. The number of methoxy groups -OCH3 is 2. The molecule has 0 fully saturated rings. The van der Waals surface area contributed by atoms with Crippen molar-refractivity contribution in [3.8, 4) is 11.5 Å². The van der Waals surface area contributed by atoms with Gasteiger partial charge in [-0.2, -0.15) is 5.10 Å². The molecule has 1 heterocycles. The number of rotatable bonds is 8. The van der Waals surface area contributed by atoms with Crippen molar-refractivity contribution in [2.24, 2.45) is 0 Å². The Morgan fingerprint density at radius 1 is 1.24 bits per heavy atom. The van der Waals surface area contributed by atoms with Gasteiger partial charge < -0.3 is 19.9 Å². The molecule has 6 heteroatoms. The zero-order valence-electron chi connectivity index (χ0n) is 12.4. The second-order valence-electron chi connectivity index (χ2n) is 4.62. The molecule has 2 aromatic rings. The highest BCUT2D eigenvalue weighted by Crippen LogP contribution is 2.24. The first-order valence-electron chi connectivity index (χ1n) is 6.80. The molecule has 2 N–H and O–H groups in total. The number of ether oxygens (including phenoxy) is 2. The lowest BCUT2D eigenvalue weighted by Crippen LogP contribution is -2.13. The van der Waals surface area contributed by atoms with Crippen LogP contribution in [-0.4, -0.2) is 35.7 Å². The van der Waals surface area contributed by atoms with Crippen LogP contribution in [0.4, 0.5) is 0 Å². The fourth-order valence-corrected chi connectivity index (χ4v) is 2.06. The predicted octanol–water partition coefficient (Wildman–Crippen LogP) is 1.18. The van der Waals surface area contributed by atoms with E-state index in [1.54, 1.807) is 25.1 Å². The molecule has 0 atom stereocenters. The minimum Gasteiger partial charge on any atom is -0.497 e. The van der Waals surface area contributed by atoms with Gasteiger partial charge in [0.25, 0.3) is 0 Å². The van der Waals surface area contributed by atoms with Crippen LogP contribution in [0, 0.1) is 0 Å². The normalized spacial score (nSPS) is 10.6. The van der Waals surface area contributed by atoms with E-state index in [4.69, 9.17) is 14.6 Å². The smallest absolute Gasteiger partial charge is 0.127 e. The number of nitrogens with zero attached hydrogens (tertiary/aromatic N) is 2. The van der Waals surface area contributed by atoms with Gasteiger partial charge in [-0.25, -0.2) is 0 Å². The molecule has 114 valence electrons. The average Bonchev–Trinajstić information content (AvgIpc) is 2.95. The van der Waals surface area contributed by atoms with Gasteiger partial charge in [-0.3, -0.25) is 4.68 Å². The largest absolute Gasteiger partial charge is 0.497 e. The van der Waals surface area contributed by atoms with E-state index in [0.29, 0.717) is 19.6 Å². The summed E-state index contributed by atoms with van der Waals surface area (Å²) in [6, 6.07) is 5.77. The molecule has 0 bridgehead atoms. The summed E-state index contributed by atoms with van der Waals surface area (Å²) in [6.07, 6.45) is 3.72. The molecule has 1 aromatic heterocycles. The topological polar surface area (TPSA) is 68.5 Å². The van der Waals surface area contributed by atoms with E-state index in [0.717, 1.165) is 22.6 Å². The number of aliphatic hydroxyl groups is 1. The van der Waals surface area contributed by atoms with Crippen molar-refractivity contribution >= 4 is 0 Å². The molecule has 0 unspecified atom stereocenters. The number of aliphatic hydroxyl groups excluding tert-OH is 1. The van der Waals surface area contributed by atoms with Gasteiger partial charge in [-0.1, -0.05) is 6.07 Å². The molecular weight excluding hydrogens is 270 g/mol. The third-order valence-corrected chi connectivity index (χ3v) is 3.15. The Kier molecular flexibility index (Phi) is 5.59. The fraction of sp³-hybridized carbons (Fsp3) is 0.400. The van der Waals surface area contributed by atoms with Gasteiger partial charge in [0.2, 0.25) is 0 Å². The van der Waals surface area contributed by atoms with Crippen molar-refractivity contribution in [2.75, 3.05) is 20.8 Å². The Morgan fingerprint density at radius 3 is 2.81 bits per heavy atom. The minimum atomic E-state index is 0.0948. The molecule has 0 radical (unpaired) electrons. The van der Waals surface area contributed by atoms with Crippen LogP contribution in [0.5, 0.6) is 11.5 Å². The third-order valence-electron chi connectivity index (χ3n) is 3.15. The summed E-state index contributed by atoms with van der Waals surface area (Å²) in [4.78, 5) is 0. The van der Waals surface area contributed by atoms with E-state index in [1.807, 2.05) is 24.4 Å². The van der Waals surface area contributed by atoms with Gasteiger partial charge in [-0.15, -0.1) is 0 Å². The van der Waals surface area contributed by atoms with Crippen LogP contribution >= 0.6 is 0 Å². The van der Waals surface area contributed by atoms with E-state index in [1.165, 1.54) is 0 Å². The van der Waals surface area contributed by atoms with Gasteiger partial charge in [-0.05, 0) is 6.07 Å². The maximum Gasteiger partial charge on any atom is 0.127 e. The van der Waals surface area contributed by atoms with Crippen LogP contribution in [0.3, 0.4) is 0 Å². The lowest BCUT2D eigenvalue weighted by Gasteiger charge is -2.10. The summed E-state index contributed by atoms with van der Waals surface area (Å²) < 4.78 is 12.3. The molecule has 6 nitrogen and oxygen atoms in total. The lowest BCUT2D eigenvalue weighted by atomic mass is 10.2. The van der Waals surface area contributed by atoms with Gasteiger partial charge in [0.05, 0.1) is 33.6 Å². The summed E-state index contributed by atoms with van der Waals surface area (Å²) >= 11 is 0. The molecule has 0 spiro atoms. The van der Waals surface area contributed by atoms with Crippen molar-refractivity contribution in [1.29, 1.82) is 0 Å². The summed E-state index contributed by atoms with van der Waals surface area (Å²) in [5.74, 6) is 1.58. The molecule has 0 saturated heterocycles. The number of aromatic nitrogens is 2. The van der Waals surface area contributed by atoms with Gasteiger partial charge in [0, 0.05) is 36.5 Å². The van der Waals surface area contributed by atoms with E-state index in [9.17, 15) is 0 Å². The Bertz CT molecular complexity index is 569. The molecule has 0 aliphatic carbocycles. The first-order valence-corrected chi connectivity index (χ1v) is 6.80. The number of nitrogens with one attached hydrogen (secondary N) is 1. The van der Waals surface area contributed by atoms with Crippen molar-refractivity contribution in [3.63, 3.8) is 0 Å². The number of benzene rings is 1. The maximum absolute atomic E-state index is 8.85. The molecular formula is C15H21N3O3. The fourth-order valence-electron chi connectivity index (χ4n) is 2.06. The highest BCUT2D eigenvalue weighted by Gasteiger charge is 2.05.